The second-order valence-electron chi connectivity index (χ2n) is 2.37. The molecular formula is C8H7FN2. The van der Waals surface area contributed by atoms with Crippen LogP contribution in [0.25, 0.3) is 0 Å². The van der Waals surface area contributed by atoms with E-state index < -0.39 is 0 Å². The Morgan fingerprint density at radius 2 is 2.18 bits per heavy atom. The van der Waals surface area contributed by atoms with Gasteiger partial charge in [0.25, 0.3) is 0 Å². The van der Waals surface area contributed by atoms with Crippen molar-refractivity contribution >= 4 is 11.9 Å². The molecule has 0 spiro atoms. The van der Waals surface area contributed by atoms with Crippen molar-refractivity contribution in [1.29, 1.82) is 0 Å². The zero-order chi connectivity index (χ0) is 7.68. The molecule has 1 aliphatic rings. The zero-order valence-electron chi connectivity index (χ0n) is 5.87. The minimum atomic E-state index is 0.108. The molecule has 1 aliphatic heterocycles. The van der Waals surface area contributed by atoms with E-state index >= 15 is 0 Å². The number of anilines is 1. The second-order valence-corrected chi connectivity index (χ2v) is 2.37. The maximum atomic E-state index is 12.9. The quantitative estimate of drug-likeness (QED) is 0.514. The maximum absolute atomic E-state index is 12.9. The van der Waals surface area contributed by atoms with E-state index in [4.69, 9.17) is 0 Å². The topological polar surface area (TPSA) is 15.6 Å². The Hall–Kier alpha value is -1.38. The highest BCUT2D eigenvalue weighted by Gasteiger charge is 2.10. The van der Waals surface area contributed by atoms with E-state index in [0.717, 1.165) is 5.56 Å². The summed E-state index contributed by atoms with van der Waals surface area (Å²) in [6.45, 7) is 0.108. The molecule has 0 aromatic heterocycles. The molecule has 1 aromatic carbocycles. The first-order chi connectivity index (χ1) is 5.38. The van der Waals surface area contributed by atoms with Crippen LogP contribution in [0.2, 0.25) is 0 Å². The maximum Gasteiger partial charge on any atom is 0.140 e. The number of benzene rings is 1. The summed E-state index contributed by atoms with van der Waals surface area (Å²) in [4.78, 5) is 3.83. The molecule has 2 rings (SSSR count). The summed E-state index contributed by atoms with van der Waals surface area (Å²) in [6, 6.07) is 7.25. The van der Waals surface area contributed by atoms with E-state index in [-0.39, 0.29) is 6.67 Å². The fourth-order valence-electron chi connectivity index (χ4n) is 1.10. The Morgan fingerprint density at radius 3 is 3.00 bits per heavy atom. The first-order valence-corrected chi connectivity index (χ1v) is 3.40. The van der Waals surface area contributed by atoms with Gasteiger partial charge in [0.1, 0.15) is 6.67 Å². The lowest BCUT2D eigenvalue weighted by Crippen LogP contribution is -2.17. The fourth-order valence-corrected chi connectivity index (χ4v) is 1.10. The first-order valence-electron chi connectivity index (χ1n) is 3.40. The van der Waals surface area contributed by atoms with Gasteiger partial charge in [-0.05, 0) is 6.07 Å². The highest BCUT2D eigenvalue weighted by molar-refractivity contribution is 5.89. The molecule has 2 nitrogen and oxygen atoms in total. The average molecular weight is 150 g/mol. The van der Waals surface area contributed by atoms with Crippen molar-refractivity contribution in [3.8, 4) is 0 Å². The van der Waals surface area contributed by atoms with Crippen LogP contribution in [0.15, 0.2) is 29.3 Å². The van der Waals surface area contributed by atoms with E-state index in [2.05, 4.69) is 4.99 Å². The third kappa shape index (κ3) is 0.981. The van der Waals surface area contributed by atoms with Crippen molar-refractivity contribution < 1.29 is 4.48 Å². The van der Waals surface area contributed by atoms with E-state index in [1.54, 1.807) is 12.3 Å². The number of fused-ring (bicyclic) bond motifs is 1. The lowest BCUT2D eigenvalue weighted by molar-refractivity contribution is 0.438. The molecule has 1 aromatic rings. The van der Waals surface area contributed by atoms with E-state index in [0.29, 0.717) is 10.8 Å². The van der Waals surface area contributed by atoms with Crippen molar-refractivity contribution in [2.24, 2.45) is 4.99 Å². The summed E-state index contributed by atoms with van der Waals surface area (Å²) in [7, 11) is 0. The summed E-state index contributed by atoms with van der Waals surface area (Å²) >= 11 is 0. The van der Waals surface area contributed by atoms with E-state index in [1.807, 2.05) is 18.2 Å². The van der Waals surface area contributed by atoms with Crippen LogP contribution in [0.4, 0.5) is 10.2 Å². The smallest absolute Gasteiger partial charge is 0.140 e. The highest BCUT2D eigenvalue weighted by Crippen LogP contribution is 2.21. The summed E-state index contributed by atoms with van der Waals surface area (Å²) in [6.07, 6.45) is 1.69. The number of rotatable bonds is 0. The second kappa shape index (κ2) is 2.34. The summed E-state index contributed by atoms with van der Waals surface area (Å²) in [5.41, 5.74) is 1.43. The molecule has 0 atom stereocenters. The minimum Gasteiger partial charge on any atom is -0.268 e. The van der Waals surface area contributed by atoms with E-state index in [9.17, 15) is 4.48 Å². The van der Waals surface area contributed by atoms with Gasteiger partial charge in [-0.3, -0.25) is 4.99 Å². The van der Waals surface area contributed by atoms with Crippen LogP contribution < -0.4 is 5.12 Å². The van der Waals surface area contributed by atoms with Crippen molar-refractivity contribution in [3.63, 3.8) is 0 Å². The minimum absolute atomic E-state index is 0.108. The standard InChI is InChI=1S/C8H7FN2/c9-11-6-10-5-7-3-1-2-4-8(7)11/h1-5H,6H2. The molecule has 56 valence electrons. The number of hydrogen-bond donors (Lipinski definition) is 0. The Labute approximate surface area is 63.9 Å². The molecule has 0 amide bonds. The van der Waals surface area contributed by atoms with Gasteiger partial charge in [0.15, 0.2) is 0 Å². The summed E-state index contributed by atoms with van der Waals surface area (Å²) in [5, 5.41) is 0.634. The Bertz CT molecular complexity index is 296. The average Bonchev–Trinajstić information content (AvgIpc) is 2.06. The van der Waals surface area contributed by atoms with Crippen LogP contribution in [0.1, 0.15) is 5.56 Å². The van der Waals surface area contributed by atoms with Gasteiger partial charge in [0, 0.05) is 11.8 Å². The molecular weight excluding hydrogens is 143 g/mol. The zero-order valence-corrected chi connectivity index (χ0v) is 5.87. The van der Waals surface area contributed by atoms with Crippen LogP contribution in [0.5, 0.6) is 0 Å². The van der Waals surface area contributed by atoms with Crippen molar-refractivity contribution in [2.45, 2.75) is 0 Å². The van der Waals surface area contributed by atoms with Gasteiger partial charge >= 0.3 is 0 Å². The van der Waals surface area contributed by atoms with Gasteiger partial charge in [-0.25, -0.2) is 0 Å². The van der Waals surface area contributed by atoms with Gasteiger partial charge in [-0.15, -0.1) is 0 Å². The van der Waals surface area contributed by atoms with Crippen LogP contribution in [-0.4, -0.2) is 12.9 Å². The Kier molecular flexibility index (Phi) is 1.35. The molecule has 0 aliphatic carbocycles. The third-order valence-corrected chi connectivity index (χ3v) is 1.63. The third-order valence-electron chi connectivity index (χ3n) is 1.63. The molecule has 0 bridgehead atoms. The number of para-hydroxylation sites is 1. The SMILES string of the molecule is FN1CN=Cc2ccccc21. The lowest BCUT2D eigenvalue weighted by atomic mass is 10.2. The largest absolute Gasteiger partial charge is 0.268 e. The molecule has 0 saturated carbocycles. The molecule has 0 fully saturated rings. The van der Waals surface area contributed by atoms with E-state index in [1.165, 1.54) is 0 Å². The van der Waals surface area contributed by atoms with Gasteiger partial charge in [0.2, 0.25) is 0 Å². The molecule has 1 heterocycles. The predicted octanol–water partition coefficient (Wildman–Crippen LogP) is 1.77. The molecule has 3 heteroatoms. The molecule has 0 saturated heterocycles. The lowest BCUT2D eigenvalue weighted by Gasteiger charge is -2.16. The predicted molar refractivity (Wildman–Crippen MR) is 42.5 cm³/mol. The van der Waals surface area contributed by atoms with Gasteiger partial charge in [-0.1, -0.05) is 22.7 Å². The first kappa shape index (κ1) is 6.34. The van der Waals surface area contributed by atoms with Gasteiger partial charge in [-0.2, -0.15) is 5.12 Å². The van der Waals surface area contributed by atoms with Gasteiger partial charge < -0.3 is 0 Å². The number of aliphatic imine (C=N–C) groups is 1. The fraction of sp³-hybridized carbons (Fsp3) is 0.125. The summed E-state index contributed by atoms with van der Waals surface area (Å²) < 4.78 is 12.9. The number of halogens is 1. The van der Waals surface area contributed by atoms with Crippen molar-refractivity contribution in [2.75, 3.05) is 11.8 Å². The monoisotopic (exact) mass is 150 g/mol. The normalized spacial score (nSPS) is 14.8. The van der Waals surface area contributed by atoms with Crippen LogP contribution in [0, 0.1) is 0 Å². The Balaban J connectivity index is 2.54. The highest BCUT2D eigenvalue weighted by atomic mass is 19.2. The van der Waals surface area contributed by atoms with Gasteiger partial charge in [0.05, 0.1) is 5.69 Å². The molecule has 11 heavy (non-hydrogen) atoms. The van der Waals surface area contributed by atoms with Crippen LogP contribution >= 0.6 is 0 Å². The summed E-state index contributed by atoms with van der Waals surface area (Å²) in [5.74, 6) is 0. The number of hydrogen-bond acceptors (Lipinski definition) is 2. The number of nitrogens with zero attached hydrogens (tertiary/aromatic N) is 2. The molecule has 0 radical (unpaired) electrons. The Morgan fingerprint density at radius 1 is 1.36 bits per heavy atom. The van der Waals surface area contributed by atoms with Crippen molar-refractivity contribution in [1.82, 2.24) is 0 Å². The van der Waals surface area contributed by atoms with Crippen LogP contribution in [-0.2, 0) is 0 Å². The van der Waals surface area contributed by atoms with Crippen LogP contribution in [0.3, 0.4) is 0 Å². The molecule has 0 N–H and O–H groups in total. The molecule has 0 unspecified atom stereocenters. The van der Waals surface area contributed by atoms with Crippen molar-refractivity contribution in [3.05, 3.63) is 29.8 Å².